The van der Waals surface area contributed by atoms with Gasteiger partial charge in [0.1, 0.15) is 0 Å². The van der Waals surface area contributed by atoms with Gasteiger partial charge in [0.05, 0.1) is 5.54 Å². The van der Waals surface area contributed by atoms with Crippen LogP contribution in [0.4, 0.5) is 0 Å². The molecule has 1 aromatic carbocycles. The fourth-order valence-electron chi connectivity index (χ4n) is 2.27. The van der Waals surface area contributed by atoms with Crippen LogP contribution in [0, 0.1) is 0 Å². The van der Waals surface area contributed by atoms with E-state index < -0.39 is 5.54 Å². The maximum atomic E-state index is 12.4. The van der Waals surface area contributed by atoms with Gasteiger partial charge in [0.2, 0.25) is 5.91 Å². The van der Waals surface area contributed by atoms with E-state index in [1.807, 2.05) is 24.3 Å². The highest BCUT2D eigenvalue weighted by Crippen LogP contribution is 2.21. The van der Waals surface area contributed by atoms with E-state index in [2.05, 4.69) is 0 Å². The Morgan fingerprint density at radius 1 is 1.37 bits per heavy atom. The van der Waals surface area contributed by atoms with Crippen LogP contribution in [0.3, 0.4) is 0 Å². The van der Waals surface area contributed by atoms with Crippen LogP contribution < -0.4 is 5.73 Å². The summed E-state index contributed by atoms with van der Waals surface area (Å²) < 4.78 is 5.26. The van der Waals surface area contributed by atoms with Gasteiger partial charge in [-0.15, -0.1) is 0 Å². The monoisotopic (exact) mass is 282 g/mol. The zero-order chi connectivity index (χ0) is 13.9. The summed E-state index contributed by atoms with van der Waals surface area (Å²) >= 11 is 5.84. The van der Waals surface area contributed by atoms with Crippen molar-refractivity contribution in [3.63, 3.8) is 0 Å². The van der Waals surface area contributed by atoms with Gasteiger partial charge >= 0.3 is 0 Å². The van der Waals surface area contributed by atoms with Crippen LogP contribution in [0.25, 0.3) is 0 Å². The number of hydrogen-bond donors (Lipinski definition) is 1. The average molecular weight is 283 g/mol. The van der Waals surface area contributed by atoms with Gasteiger partial charge in [-0.2, -0.15) is 0 Å². The molecule has 104 valence electrons. The molecule has 1 aliphatic heterocycles. The molecule has 2 rings (SSSR count). The molecule has 0 spiro atoms. The molecule has 0 aromatic heterocycles. The number of carbonyl (C=O) groups is 1. The number of hydrogen-bond acceptors (Lipinski definition) is 3. The van der Waals surface area contributed by atoms with E-state index in [1.165, 1.54) is 0 Å². The summed E-state index contributed by atoms with van der Waals surface area (Å²) in [6.45, 7) is 1.64. The molecule has 4 nitrogen and oxygen atoms in total. The molecular weight excluding hydrogens is 264 g/mol. The summed E-state index contributed by atoms with van der Waals surface area (Å²) in [5, 5.41) is 0.692. The minimum atomic E-state index is -0.778. The second-order valence-electron chi connectivity index (χ2n) is 5.06. The van der Waals surface area contributed by atoms with Gasteiger partial charge in [0, 0.05) is 31.8 Å². The van der Waals surface area contributed by atoms with Crippen LogP contribution in [0.5, 0.6) is 0 Å². The van der Waals surface area contributed by atoms with Crippen molar-refractivity contribution >= 4 is 17.5 Å². The zero-order valence-corrected chi connectivity index (χ0v) is 11.8. The van der Waals surface area contributed by atoms with Crippen molar-refractivity contribution < 1.29 is 9.53 Å². The lowest BCUT2D eigenvalue weighted by molar-refractivity contribution is -0.139. The van der Waals surface area contributed by atoms with Crippen LogP contribution in [0.15, 0.2) is 24.3 Å². The molecule has 0 aliphatic carbocycles. The number of likely N-dealkylation sites (N-methyl/N-ethyl adjacent to an activating group) is 1. The first-order valence-corrected chi connectivity index (χ1v) is 6.76. The lowest BCUT2D eigenvalue weighted by Crippen LogP contribution is -2.57. The summed E-state index contributed by atoms with van der Waals surface area (Å²) in [4.78, 5) is 14.1. The standard InChI is InChI=1S/C14H19ClN2O2/c1-17(10-11-2-4-12(15)5-3-11)13(18)14(16)6-8-19-9-7-14/h2-5H,6-10,16H2,1H3. The molecule has 0 saturated carbocycles. The molecule has 2 N–H and O–H groups in total. The predicted octanol–water partition coefficient (Wildman–Crippen LogP) is 1.81. The van der Waals surface area contributed by atoms with E-state index in [0.29, 0.717) is 37.6 Å². The molecule has 0 bridgehead atoms. The van der Waals surface area contributed by atoms with Crippen LogP contribution in [0.2, 0.25) is 5.02 Å². The summed E-state index contributed by atoms with van der Waals surface area (Å²) in [5.41, 5.74) is 6.45. The first-order chi connectivity index (χ1) is 9.01. The summed E-state index contributed by atoms with van der Waals surface area (Å²) in [6.07, 6.45) is 1.16. The normalized spacial score (nSPS) is 18.1. The van der Waals surface area contributed by atoms with Crippen molar-refractivity contribution in [2.45, 2.75) is 24.9 Å². The molecule has 19 heavy (non-hydrogen) atoms. The summed E-state index contributed by atoms with van der Waals surface area (Å²) in [5.74, 6) is -0.0225. The lowest BCUT2D eigenvalue weighted by atomic mass is 9.89. The number of nitrogens with zero attached hydrogens (tertiary/aromatic N) is 1. The number of carbonyl (C=O) groups excluding carboxylic acids is 1. The Morgan fingerprint density at radius 3 is 2.53 bits per heavy atom. The van der Waals surface area contributed by atoms with E-state index in [1.54, 1.807) is 11.9 Å². The fraction of sp³-hybridized carbons (Fsp3) is 0.500. The van der Waals surface area contributed by atoms with Crippen molar-refractivity contribution in [3.05, 3.63) is 34.9 Å². The quantitative estimate of drug-likeness (QED) is 0.920. The maximum Gasteiger partial charge on any atom is 0.242 e. The Morgan fingerprint density at radius 2 is 1.95 bits per heavy atom. The van der Waals surface area contributed by atoms with Crippen LogP contribution >= 0.6 is 11.6 Å². The Balaban J connectivity index is 2.00. The SMILES string of the molecule is CN(Cc1ccc(Cl)cc1)C(=O)C1(N)CCOCC1. The first-order valence-electron chi connectivity index (χ1n) is 6.38. The second-order valence-corrected chi connectivity index (χ2v) is 5.49. The third-order valence-electron chi connectivity index (χ3n) is 3.49. The zero-order valence-electron chi connectivity index (χ0n) is 11.1. The molecule has 0 atom stereocenters. The first kappa shape index (κ1) is 14.3. The topological polar surface area (TPSA) is 55.6 Å². The van der Waals surface area contributed by atoms with Gasteiger partial charge in [-0.25, -0.2) is 0 Å². The minimum absolute atomic E-state index is 0.0225. The van der Waals surface area contributed by atoms with E-state index >= 15 is 0 Å². The molecule has 1 aliphatic rings. The van der Waals surface area contributed by atoms with Gasteiger partial charge in [-0.1, -0.05) is 23.7 Å². The lowest BCUT2D eigenvalue weighted by Gasteiger charge is -2.35. The van der Waals surface area contributed by atoms with E-state index in [9.17, 15) is 4.79 Å². The number of halogens is 1. The average Bonchev–Trinajstić information content (AvgIpc) is 2.41. The number of amides is 1. The highest BCUT2D eigenvalue weighted by Gasteiger charge is 2.37. The summed E-state index contributed by atoms with van der Waals surface area (Å²) in [6, 6.07) is 7.47. The van der Waals surface area contributed by atoms with Gasteiger partial charge in [-0.05, 0) is 30.5 Å². The number of benzene rings is 1. The Hall–Kier alpha value is -1.10. The van der Waals surface area contributed by atoms with E-state index in [4.69, 9.17) is 22.1 Å². The summed E-state index contributed by atoms with van der Waals surface area (Å²) in [7, 11) is 1.78. The van der Waals surface area contributed by atoms with Gasteiger partial charge < -0.3 is 15.4 Å². The third-order valence-corrected chi connectivity index (χ3v) is 3.74. The van der Waals surface area contributed by atoms with Crippen molar-refractivity contribution in [2.24, 2.45) is 5.73 Å². The van der Waals surface area contributed by atoms with Crippen LogP contribution in [-0.4, -0.2) is 36.6 Å². The van der Waals surface area contributed by atoms with E-state index in [-0.39, 0.29) is 5.91 Å². The molecule has 5 heteroatoms. The number of nitrogens with two attached hydrogens (primary N) is 1. The second kappa shape index (κ2) is 5.90. The van der Waals surface area contributed by atoms with Gasteiger partial charge in [-0.3, -0.25) is 4.79 Å². The molecule has 1 saturated heterocycles. The fourth-order valence-corrected chi connectivity index (χ4v) is 2.39. The Labute approximate surface area is 118 Å². The third kappa shape index (κ3) is 3.47. The van der Waals surface area contributed by atoms with Crippen molar-refractivity contribution in [1.29, 1.82) is 0 Å². The van der Waals surface area contributed by atoms with Crippen molar-refractivity contribution in [1.82, 2.24) is 4.90 Å². The molecule has 0 unspecified atom stereocenters. The molecular formula is C14H19ClN2O2. The smallest absolute Gasteiger partial charge is 0.242 e. The minimum Gasteiger partial charge on any atom is -0.381 e. The maximum absolute atomic E-state index is 12.4. The van der Waals surface area contributed by atoms with Gasteiger partial charge in [0.25, 0.3) is 0 Å². The Bertz CT molecular complexity index is 441. The van der Waals surface area contributed by atoms with Crippen molar-refractivity contribution in [3.8, 4) is 0 Å². The van der Waals surface area contributed by atoms with Crippen LogP contribution in [-0.2, 0) is 16.1 Å². The largest absolute Gasteiger partial charge is 0.381 e. The molecule has 1 fully saturated rings. The number of ether oxygens (including phenoxy) is 1. The molecule has 1 amide bonds. The van der Waals surface area contributed by atoms with Crippen molar-refractivity contribution in [2.75, 3.05) is 20.3 Å². The van der Waals surface area contributed by atoms with Crippen LogP contribution in [0.1, 0.15) is 18.4 Å². The molecule has 1 aromatic rings. The highest BCUT2D eigenvalue weighted by atomic mass is 35.5. The van der Waals surface area contributed by atoms with E-state index in [0.717, 1.165) is 5.56 Å². The molecule has 1 heterocycles. The highest BCUT2D eigenvalue weighted by molar-refractivity contribution is 6.30. The predicted molar refractivity (Wildman–Crippen MR) is 74.9 cm³/mol. The Kier molecular flexibility index (Phi) is 4.45. The van der Waals surface area contributed by atoms with Gasteiger partial charge in [0.15, 0.2) is 0 Å². The molecule has 0 radical (unpaired) electrons. The number of rotatable bonds is 3.